The van der Waals surface area contributed by atoms with Crippen molar-refractivity contribution >= 4 is 24.1 Å². The highest BCUT2D eigenvalue weighted by Gasteiger charge is 2.35. The molecule has 1 aromatic carbocycles. The molecule has 0 aliphatic carbocycles. The van der Waals surface area contributed by atoms with Gasteiger partial charge < -0.3 is 19.5 Å². The van der Waals surface area contributed by atoms with Crippen molar-refractivity contribution in [3.63, 3.8) is 0 Å². The number of piperazine rings is 1. The Labute approximate surface area is 164 Å². The van der Waals surface area contributed by atoms with Crippen LogP contribution < -0.4 is 10.1 Å². The van der Waals surface area contributed by atoms with E-state index in [1.165, 1.54) is 6.92 Å². The van der Waals surface area contributed by atoms with Gasteiger partial charge in [0.15, 0.2) is 17.2 Å². The molecule has 1 aromatic heterocycles. The fourth-order valence-corrected chi connectivity index (χ4v) is 2.92. The van der Waals surface area contributed by atoms with E-state index in [0.29, 0.717) is 23.6 Å². The molecule has 0 spiro atoms. The summed E-state index contributed by atoms with van der Waals surface area (Å²) in [6.45, 7) is 7.85. The zero-order valence-electron chi connectivity index (χ0n) is 15.7. The molecule has 1 aliphatic rings. The lowest BCUT2D eigenvalue weighted by Crippen LogP contribution is -2.59. The van der Waals surface area contributed by atoms with Crippen LogP contribution in [0, 0.1) is 0 Å². The number of ketones is 1. The van der Waals surface area contributed by atoms with E-state index in [1.54, 1.807) is 30.3 Å². The van der Waals surface area contributed by atoms with Gasteiger partial charge in [0, 0.05) is 31.3 Å². The molecule has 8 heteroatoms. The number of aromatic nitrogens is 1. The summed E-state index contributed by atoms with van der Waals surface area (Å²) >= 11 is 0. The molecule has 1 amide bonds. The number of Topliss-reactive ketones (excluding diaryl/α,β-unsaturated/α-hetero) is 1. The first-order chi connectivity index (χ1) is 12.4. The number of carbonyl (C=O) groups excluding carboxylic acids is 2. The van der Waals surface area contributed by atoms with Crippen LogP contribution in [0.5, 0.6) is 5.75 Å². The number of hydrogen-bond acceptors (Lipinski definition) is 6. The smallest absolute Gasteiger partial charge is 0.276 e. The molecule has 7 nitrogen and oxygen atoms in total. The Bertz CT molecular complexity index is 802. The normalized spacial score (nSPS) is 15.7. The molecule has 27 heavy (non-hydrogen) atoms. The number of carbonyl (C=O) groups is 2. The fraction of sp³-hybridized carbons (Fsp3) is 0.421. The molecule has 1 fully saturated rings. The maximum atomic E-state index is 12.7. The van der Waals surface area contributed by atoms with E-state index in [0.717, 1.165) is 13.1 Å². The number of hydrogen-bond donors (Lipinski definition) is 1. The standard InChI is InChI=1S/C19H23N3O4.ClH/c1-13(23)14-4-6-15(7-5-14)25-11-16-10-17(21-26-16)18(24)22-9-8-20-12-19(22,2)3;/h4-7,10,20H,8-9,11-12H2,1-3H3;1H. The first kappa shape index (κ1) is 20.9. The minimum atomic E-state index is -0.274. The zero-order chi connectivity index (χ0) is 18.7. The average molecular weight is 394 g/mol. The summed E-state index contributed by atoms with van der Waals surface area (Å²) < 4.78 is 10.9. The number of amides is 1. The van der Waals surface area contributed by atoms with E-state index < -0.39 is 0 Å². The van der Waals surface area contributed by atoms with Gasteiger partial charge in [-0.3, -0.25) is 9.59 Å². The minimum Gasteiger partial charge on any atom is -0.486 e. The summed E-state index contributed by atoms with van der Waals surface area (Å²) in [7, 11) is 0. The maximum Gasteiger partial charge on any atom is 0.276 e. The van der Waals surface area contributed by atoms with Crippen molar-refractivity contribution in [3.8, 4) is 5.75 Å². The summed E-state index contributed by atoms with van der Waals surface area (Å²) in [5.41, 5.74) is 0.637. The lowest BCUT2D eigenvalue weighted by atomic mass is 9.99. The number of nitrogens with zero attached hydrogens (tertiary/aromatic N) is 2. The van der Waals surface area contributed by atoms with Crippen molar-refractivity contribution in [2.24, 2.45) is 0 Å². The molecule has 0 atom stereocenters. The van der Waals surface area contributed by atoms with Gasteiger partial charge in [-0.15, -0.1) is 12.4 Å². The van der Waals surface area contributed by atoms with Gasteiger partial charge in [0.2, 0.25) is 0 Å². The van der Waals surface area contributed by atoms with Crippen molar-refractivity contribution in [2.75, 3.05) is 19.6 Å². The summed E-state index contributed by atoms with van der Waals surface area (Å²) in [5, 5.41) is 7.18. The van der Waals surface area contributed by atoms with E-state index in [-0.39, 0.29) is 41.9 Å². The van der Waals surface area contributed by atoms with Gasteiger partial charge in [0.25, 0.3) is 5.91 Å². The molecular weight excluding hydrogens is 370 g/mol. The average Bonchev–Trinajstić information content (AvgIpc) is 3.08. The summed E-state index contributed by atoms with van der Waals surface area (Å²) in [4.78, 5) is 25.8. The lowest BCUT2D eigenvalue weighted by Gasteiger charge is -2.42. The summed E-state index contributed by atoms with van der Waals surface area (Å²) in [6.07, 6.45) is 0. The van der Waals surface area contributed by atoms with Gasteiger partial charge in [-0.05, 0) is 45.0 Å². The Hall–Kier alpha value is -2.38. The zero-order valence-corrected chi connectivity index (χ0v) is 16.5. The molecule has 0 radical (unpaired) electrons. The van der Waals surface area contributed by atoms with Crippen LogP contribution in [0.15, 0.2) is 34.9 Å². The molecule has 146 valence electrons. The predicted molar refractivity (Wildman–Crippen MR) is 103 cm³/mol. The van der Waals surface area contributed by atoms with Crippen molar-refractivity contribution in [3.05, 3.63) is 47.3 Å². The Kier molecular flexibility index (Phi) is 6.62. The number of rotatable bonds is 5. The monoisotopic (exact) mass is 393 g/mol. The summed E-state index contributed by atoms with van der Waals surface area (Å²) in [5.74, 6) is 0.947. The summed E-state index contributed by atoms with van der Waals surface area (Å²) in [6, 6.07) is 8.48. The largest absolute Gasteiger partial charge is 0.486 e. The Morgan fingerprint density at radius 3 is 2.63 bits per heavy atom. The van der Waals surface area contributed by atoms with Crippen LogP contribution >= 0.6 is 12.4 Å². The first-order valence-electron chi connectivity index (χ1n) is 8.59. The van der Waals surface area contributed by atoms with Crippen molar-refractivity contribution in [1.82, 2.24) is 15.4 Å². The molecule has 1 aliphatic heterocycles. The molecule has 1 saturated heterocycles. The maximum absolute atomic E-state index is 12.7. The highest BCUT2D eigenvalue weighted by Crippen LogP contribution is 2.20. The van der Waals surface area contributed by atoms with Crippen LogP contribution in [-0.2, 0) is 6.61 Å². The van der Waals surface area contributed by atoms with Crippen LogP contribution in [0.1, 0.15) is 47.4 Å². The van der Waals surface area contributed by atoms with Gasteiger partial charge in [-0.2, -0.15) is 0 Å². The van der Waals surface area contributed by atoms with E-state index in [2.05, 4.69) is 10.5 Å². The van der Waals surface area contributed by atoms with Crippen LogP contribution in [0.25, 0.3) is 0 Å². The highest BCUT2D eigenvalue weighted by atomic mass is 35.5. The Morgan fingerprint density at radius 1 is 1.30 bits per heavy atom. The SMILES string of the molecule is CC(=O)c1ccc(OCc2cc(C(=O)N3CCNCC3(C)C)no2)cc1.Cl. The quantitative estimate of drug-likeness (QED) is 0.786. The molecule has 2 heterocycles. The molecule has 0 bridgehead atoms. The van der Waals surface area contributed by atoms with Crippen molar-refractivity contribution < 1.29 is 18.8 Å². The third kappa shape index (κ3) is 4.87. The van der Waals surface area contributed by atoms with E-state index in [4.69, 9.17) is 9.26 Å². The van der Waals surface area contributed by atoms with E-state index >= 15 is 0 Å². The van der Waals surface area contributed by atoms with Gasteiger partial charge in [0.1, 0.15) is 12.4 Å². The molecule has 0 unspecified atom stereocenters. The van der Waals surface area contributed by atoms with Crippen molar-refractivity contribution in [2.45, 2.75) is 32.9 Å². The lowest BCUT2D eigenvalue weighted by molar-refractivity contribution is 0.0467. The van der Waals surface area contributed by atoms with Gasteiger partial charge in [-0.25, -0.2) is 0 Å². The van der Waals surface area contributed by atoms with Gasteiger partial charge in [0.05, 0.1) is 5.54 Å². The minimum absolute atomic E-state index is 0. The number of benzene rings is 1. The second-order valence-corrected chi connectivity index (χ2v) is 6.99. The molecule has 2 aromatic rings. The fourth-order valence-electron chi connectivity index (χ4n) is 2.92. The first-order valence-corrected chi connectivity index (χ1v) is 8.59. The third-order valence-electron chi connectivity index (χ3n) is 4.47. The van der Waals surface area contributed by atoms with Crippen LogP contribution in [0.3, 0.4) is 0 Å². The van der Waals surface area contributed by atoms with Crippen LogP contribution in [-0.4, -0.2) is 46.9 Å². The third-order valence-corrected chi connectivity index (χ3v) is 4.47. The predicted octanol–water partition coefficient (Wildman–Crippen LogP) is 2.70. The van der Waals surface area contributed by atoms with Gasteiger partial charge in [-0.1, -0.05) is 5.16 Å². The number of halogens is 1. The number of ether oxygens (including phenoxy) is 1. The van der Waals surface area contributed by atoms with E-state index in [1.807, 2.05) is 18.7 Å². The molecule has 3 rings (SSSR count). The number of nitrogens with one attached hydrogen (secondary N) is 1. The van der Waals surface area contributed by atoms with Gasteiger partial charge >= 0.3 is 0 Å². The van der Waals surface area contributed by atoms with Crippen LogP contribution in [0.4, 0.5) is 0 Å². The highest BCUT2D eigenvalue weighted by molar-refractivity contribution is 5.94. The van der Waals surface area contributed by atoms with Crippen LogP contribution in [0.2, 0.25) is 0 Å². The topological polar surface area (TPSA) is 84.7 Å². The Balaban J connectivity index is 0.00000261. The second-order valence-electron chi connectivity index (χ2n) is 6.99. The Morgan fingerprint density at radius 2 is 2.00 bits per heavy atom. The van der Waals surface area contributed by atoms with Crippen molar-refractivity contribution in [1.29, 1.82) is 0 Å². The molecular formula is C19H24ClN3O4. The molecule has 1 N–H and O–H groups in total. The molecule has 0 saturated carbocycles. The van der Waals surface area contributed by atoms with E-state index in [9.17, 15) is 9.59 Å². The second kappa shape index (κ2) is 8.54.